The van der Waals surface area contributed by atoms with Gasteiger partial charge in [-0.2, -0.15) is 5.10 Å². The average molecular weight is 353 g/mol. The Morgan fingerprint density at radius 1 is 1.19 bits per heavy atom. The molecule has 0 unspecified atom stereocenters. The van der Waals surface area contributed by atoms with Crippen LogP contribution in [0.1, 0.15) is 49.4 Å². The van der Waals surface area contributed by atoms with E-state index >= 15 is 0 Å². The van der Waals surface area contributed by atoms with Gasteiger partial charge in [-0.3, -0.25) is 19.4 Å². The van der Waals surface area contributed by atoms with E-state index in [9.17, 15) is 4.79 Å². The van der Waals surface area contributed by atoms with E-state index in [4.69, 9.17) is 0 Å². The molecular formula is C20H27N5O. The molecule has 1 aliphatic heterocycles. The molecule has 1 saturated carbocycles. The van der Waals surface area contributed by atoms with Crippen LogP contribution in [0.5, 0.6) is 0 Å². The van der Waals surface area contributed by atoms with Crippen LogP contribution >= 0.6 is 0 Å². The molecule has 4 rings (SSSR count). The Kier molecular flexibility index (Phi) is 5.29. The lowest BCUT2D eigenvalue weighted by Crippen LogP contribution is -2.46. The minimum atomic E-state index is -0.256. The number of nitrogens with one attached hydrogen (secondary N) is 1. The van der Waals surface area contributed by atoms with Crippen molar-refractivity contribution in [3.63, 3.8) is 0 Å². The molecule has 0 radical (unpaired) electrons. The summed E-state index contributed by atoms with van der Waals surface area (Å²) in [6.07, 6.45) is 12.1. The van der Waals surface area contributed by atoms with E-state index in [1.165, 1.54) is 32.1 Å². The van der Waals surface area contributed by atoms with Crippen LogP contribution in [0.15, 0.2) is 36.8 Å². The van der Waals surface area contributed by atoms with Crippen molar-refractivity contribution in [2.45, 2.75) is 51.2 Å². The summed E-state index contributed by atoms with van der Waals surface area (Å²) in [6.45, 7) is 3.23. The third kappa shape index (κ3) is 3.96. The zero-order valence-electron chi connectivity index (χ0n) is 15.2. The fourth-order valence-corrected chi connectivity index (χ4v) is 4.24. The first-order chi connectivity index (χ1) is 12.8. The highest BCUT2D eigenvalue weighted by atomic mass is 16.2. The molecule has 2 aromatic heterocycles. The first kappa shape index (κ1) is 17.2. The van der Waals surface area contributed by atoms with Gasteiger partial charge in [0.1, 0.15) is 6.04 Å². The molecule has 6 heteroatoms. The van der Waals surface area contributed by atoms with E-state index in [0.29, 0.717) is 6.54 Å². The number of carbonyl (C=O) groups is 1. The van der Waals surface area contributed by atoms with Gasteiger partial charge >= 0.3 is 0 Å². The molecule has 6 nitrogen and oxygen atoms in total. The summed E-state index contributed by atoms with van der Waals surface area (Å²) in [7, 11) is 0. The van der Waals surface area contributed by atoms with E-state index in [2.05, 4.69) is 20.3 Å². The third-order valence-corrected chi connectivity index (χ3v) is 5.60. The SMILES string of the molecule is O=C(NCc1cccnc1)[C@H]1CN(CC2CCCCC2)Cc2ccnn21. The predicted octanol–water partition coefficient (Wildman–Crippen LogP) is 2.53. The monoisotopic (exact) mass is 353 g/mol. The first-order valence-corrected chi connectivity index (χ1v) is 9.71. The predicted molar refractivity (Wildman–Crippen MR) is 99.2 cm³/mol. The smallest absolute Gasteiger partial charge is 0.246 e. The molecule has 2 aromatic rings. The molecule has 0 aromatic carbocycles. The molecule has 1 aliphatic carbocycles. The van der Waals surface area contributed by atoms with Crippen LogP contribution in [0.2, 0.25) is 0 Å². The Hall–Kier alpha value is -2.21. The zero-order chi connectivity index (χ0) is 17.8. The Labute approximate surface area is 154 Å². The molecule has 0 bridgehead atoms. The van der Waals surface area contributed by atoms with E-state index < -0.39 is 0 Å². The van der Waals surface area contributed by atoms with Gasteiger partial charge in [-0.15, -0.1) is 0 Å². The minimum absolute atomic E-state index is 0.0344. The first-order valence-electron chi connectivity index (χ1n) is 9.71. The molecular weight excluding hydrogens is 326 g/mol. The van der Waals surface area contributed by atoms with Crippen LogP contribution < -0.4 is 5.32 Å². The quantitative estimate of drug-likeness (QED) is 0.897. The number of fused-ring (bicyclic) bond motifs is 1. The molecule has 0 saturated heterocycles. The van der Waals surface area contributed by atoms with E-state index in [1.807, 2.05) is 22.9 Å². The summed E-state index contributed by atoms with van der Waals surface area (Å²) in [5.41, 5.74) is 2.14. The van der Waals surface area contributed by atoms with Gasteiger partial charge in [0.05, 0.1) is 5.69 Å². The van der Waals surface area contributed by atoms with Crippen molar-refractivity contribution in [1.29, 1.82) is 0 Å². The Balaban J connectivity index is 1.41. The second-order valence-electron chi connectivity index (χ2n) is 7.56. The second-order valence-corrected chi connectivity index (χ2v) is 7.56. The third-order valence-electron chi connectivity index (χ3n) is 5.60. The fraction of sp³-hybridized carbons (Fsp3) is 0.550. The highest BCUT2D eigenvalue weighted by molar-refractivity contribution is 5.80. The summed E-state index contributed by atoms with van der Waals surface area (Å²) in [6, 6.07) is 5.64. The van der Waals surface area contributed by atoms with Crippen molar-refractivity contribution in [2.24, 2.45) is 5.92 Å². The minimum Gasteiger partial charge on any atom is -0.350 e. The Morgan fingerprint density at radius 2 is 2.08 bits per heavy atom. The molecule has 26 heavy (non-hydrogen) atoms. The summed E-state index contributed by atoms with van der Waals surface area (Å²) < 4.78 is 1.90. The lowest BCUT2D eigenvalue weighted by Gasteiger charge is -2.36. The van der Waals surface area contributed by atoms with Gasteiger partial charge < -0.3 is 5.32 Å². The molecule has 1 amide bonds. The van der Waals surface area contributed by atoms with Gasteiger partial charge in [0.25, 0.3) is 0 Å². The van der Waals surface area contributed by atoms with E-state index in [1.54, 1.807) is 18.6 Å². The van der Waals surface area contributed by atoms with Crippen LogP contribution in [0, 0.1) is 5.92 Å². The maximum absolute atomic E-state index is 12.9. The number of pyridine rings is 1. The van der Waals surface area contributed by atoms with E-state index in [0.717, 1.165) is 36.8 Å². The maximum Gasteiger partial charge on any atom is 0.246 e. The van der Waals surface area contributed by atoms with Crippen molar-refractivity contribution < 1.29 is 4.79 Å². The Morgan fingerprint density at radius 3 is 2.88 bits per heavy atom. The fourth-order valence-electron chi connectivity index (χ4n) is 4.24. The molecule has 1 atom stereocenters. The van der Waals surface area contributed by atoms with Crippen LogP contribution in [0.4, 0.5) is 0 Å². The molecule has 2 aliphatic rings. The van der Waals surface area contributed by atoms with Crippen LogP contribution in [-0.4, -0.2) is 38.7 Å². The van der Waals surface area contributed by atoms with Crippen LogP contribution in [0.3, 0.4) is 0 Å². The number of hydrogen-bond acceptors (Lipinski definition) is 4. The van der Waals surface area contributed by atoms with Crippen molar-refractivity contribution >= 4 is 5.91 Å². The maximum atomic E-state index is 12.9. The number of hydrogen-bond donors (Lipinski definition) is 1. The topological polar surface area (TPSA) is 63.1 Å². The Bertz CT molecular complexity index is 723. The summed E-state index contributed by atoms with van der Waals surface area (Å²) in [4.78, 5) is 19.4. The van der Waals surface area contributed by atoms with Gasteiger partial charge in [0.15, 0.2) is 0 Å². The zero-order valence-corrected chi connectivity index (χ0v) is 15.2. The summed E-state index contributed by atoms with van der Waals surface area (Å²) in [5.74, 6) is 0.810. The van der Waals surface area contributed by atoms with Crippen molar-refractivity contribution in [3.05, 3.63) is 48.0 Å². The largest absolute Gasteiger partial charge is 0.350 e. The lowest BCUT2D eigenvalue weighted by atomic mass is 9.88. The summed E-state index contributed by atoms with van der Waals surface area (Å²) >= 11 is 0. The van der Waals surface area contributed by atoms with Gasteiger partial charge in [0.2, 0.25) is 5.91 Å². The molecule has 3 heterocycles. The highest BCUT2D eigenvalue weighted by Gasteiger charge is 2.31. The molecule has 1 N–H and O–H groups in total. The number of carbonyl (C=O) groups excluding carboxylic acids is 1. The normalized spacial score (nSPS) is 21.3. The second kappa shape index (κ2) is 7.99. The summed E-state index contributed by atoms with van der Waals surface area (Å²) in [5, 5.41) is 7.47. The standard InChI is InChI=1S/C20H27N5O/c26-20(22-12-17-7-4-9-21-11-17)19-15-24(13-16-5-2-1-3-6-16)14-18-8-10-23-25(18)19/h4,7-11,16,19H,1-3,5-6,12-15H2,(H,22,26)/t19-/m1/s1. The number of rotatable bonds is 5. The highest BCUT2D eigenvalue weighted by Crippen LogP contribution is 2.27. The number of amides is 1. The van der Waals surface area contributed by atoms with Gasteiger partial charge in [-0.25, -0.2) is 0 Å². The van der Waals surface area contributed by atoms with Gasteiger partial charge in [-0.1, -0.05) is 25.3 Å². The van der Waals surface area contributed by atoms with Gasteiger partial charge in [0, 0.05) is 44.8 Å². The van der Waals surface area contributed by atoms with E-state index in [-0.39, 0.29) is 11.9 Å². The van der Waals surface area contributed by atoms with Gasteiger partial charge in [-0.05, 0) is 36.5 Å². The number of aromatic nitrogens is 3. The molecule has 1 fully saturated rings. The lowest BCUT2D eigenvalue weighted by molar-refractivity contribution is -0.126. The van der Waals surface area contributed by atoms with Crippen LogP contribution in [0.25, 0.3) is 0 Å². The van der Waals surface area contributed by atoms with Crippen LogP contribution in [-0.2, 0) is 17.9 Å². The molecule has 0 spiro atoms. The van der Waals surface area contributed by atoms with Crippen molar-refractivity contribution in [3.8, 4) is 0 Å². The van der Waals surface area contributed by atoms with Crippen molar-refractivity contribution in [1.82, 2.24) is 25.0 Å². The average Bonchev–Trinajstić information content (AvgIpc) is 3.15. The van der Waals surface area contributed by atoms with Crippen molar-refractivity contribution in [2.75, 3.05) is 13.1 Å². The molecule has 138 valence electrons. The number of nitrogens with zero attached hydrogens (tertiary/aromatic N) is 4.